The zero-order valence-corrected chi connectivity index (χ0v) is 7.24. The Morgan fingerprint density at radius 3 is 2.20 bits per heavy atom. The molecular weight excluding hydrogens is 142 g/mol. The Labute approximate surface area is 68.8 Å². The highest BCUT2D eigenvalue weighted by molar-refractivity contribution is 7.80. The van der Waals surface area contributed by atoms with Crippen LogP contribution in [-0.2, 0) is 0 Å². The molecular formula is C8H15NS. The average molecular weight is 157 g/mol. The first-order chi connectivity index (χ1) is 4.91. The molecule has 0 rings (SSSR count). The van der Waals surface area contributed by atoms with Crippen molar-refractivity contribution in [3.63, 3.8) is 0 Å². The Balaban J connectivity index is 2.72. The van der Waals surface area contributed by atoms with Crippen LogP contribution in [0.5, 0.6) is 0 Å². The van der Waals surface area contributed by atoms with E-state index in [0.717, 1.165) is 18.6 Å². The molecule has 0 N–H and O–H groups in total. The Bertz CT molecular complexity index is 95.9. The van der Waals surface area contributed by atoms with Crippen LogP contribution < -0.4 is 0 Å². The molecule has 0 bridgehead atoms. The summed E-state index contributed by atoms with van der Waals surface area (Å²) in [4.78, 5) is 0. The average Bonchev–Trinajstić information content (AvgIpc) is 1.97. The van der Waals surface area contributed by atoms with Crippen LogP contribution in [-0.4, -0.2) is 5.75 Å². The van der Waals surface area contributed by atoms with Crippen molar-refractivity contribution in [2.75, 3.05) is 5.75 Å². The summed E-state index contributed by atoms with van der Waals surface area (Å²) in [7, 11) is 0. The molecule has 0 aromatic carbocycles. The Hall–Kier alpha value is -0.160. The van der Waals surface area contributed by atoms with Gasteiger partial charge in [-0.05, 0) is 18.6 Å². The van der Waals surface area contributed by atoms with E-state index >= 15 is 0 Å². The smallest absolute Gasteiger partial charge is 0.0621 e. The molecule has 0 aliphatic rings. The van der Waals surface area contributed by atoms with Crippen molar-refractivity contribution in [3.05, 3.63) is 0 Å². The van der Waals surface area contributed by atoms with Gasteiger partial charge in [-0.1, -0.05) is 19.3 Å². The summed E-state index contributed by atoms with van der Waals surface area (Å²) in [5.41, 5.74) is 0. The largest absolute Gasteiger partial charge is 0.198 e. The zero-order chi connectivity index (χ0) is 7.66. The maximum atomic E-state index is 8.21. The van der Waals surface area contributed by atoms with Gasteiger partial charge < -0.3 is 0 Å². The van der Waals surface area contributed by atoms with Gasteiger partial charge in [-0.25, -0.2) is 0 Å². The number of hydrogen-bond donors (Lipinski definition) is 1. The quantitative estimate of drug-likeness (QED) is 0.465. The minimum absolute atomic E-state index is 0.723. The minimum Gasteiger partial charge on any atom is -0.198 e. The van der Waals surface area contributed by atoms with Gasteiger partial charge in [0.1, 0.15) is 0 Å². The molecule has 0 fully saturated rings. The van der Waals surface area contributed by atoms with Crippen LogP contribution >= 0.6 is 12.6 Å². The maximum absolute atomic E-state index is 8.21. The molecule has 1 nitrogen and oxygen atoms in total. The second-order valence-corrected chi connectivity index (χ2v) is 2.85. The summed E-state index contributed by atoms with van der Waals surface area (Å²) < 4.78 is 0. The van der Waals surface area contributed by atoms with Crippen molar-refractivity contribution in [1.82, 2.24) is 0 Å². The lowest BCUT2D eigenvalue weighted by molar-refractivity contribution is 0.643. The van der Waals surface area contributed by atoms with Gasteiger partial charge in [0.05, 0.1) is 6.07 Å². The van der Waals surface area contributed by atoms with E-state index in [-0.39, 0.29) is 0 Å². The first kappa shape index (κ1) is 9.84. The molecule has 0 aromatic rings. The molecule has 0 aliphatic heterocycles. The van der Waals surface area contributed by atoms with Crippen LogP contribution in [0.25, 0.3) is 0 Å². The molecule has 0 aromatic heterocycles. The fourth-order valence-corrected chi connectivity index (χ4v) is 1.07. The molecule has 0 atom stereocenters. The monoisotopic (exact) mass is 157 g/mol. The van der Waals surface area contributed by atoms with Gasteiger partial charge in [0.25, 0.3) is 0 Å². The van der Waals surface area contributed by atoms with Crippen molar-refractivity contribution in [2.45, 2.75) is 38.5 Å². The lowest BCUT2D eigenvalue weighted by Gasteiger charge is -1.95. The summed E-state index contributed by atoms with van der Waals surface area (Å²) in [6.45, 7) is 0. The van der Waals surface area contributed by atoms with Crippen molar-refractivity contribution >= 4 is 12.6 Å². The van der Waals surface area contributed by atoms with Crippen LogP contribution in [0.3, 0.4) is 0 Å². The second kappa shape index (κ2) is 8.84. The van der Waals surface area contributed by atoms with Gasteiger partial charge in [0.2, 0.25) is 0 Å². The van der Waals surface area contributed by atoms with Crippen molar-refractivity contribution < 1.29 is 0 Å². The summed E-state index contributed by atoms with van der Waals surface area (Å²) in [5.74, 6) is 0.998. The van der Waals surface area contributed by atoms with E-state index in [1.165, 1.54) is 25.7 Å². The van der Waals surface area contributed by atoms with Gasteiger partial charge in [-0.2, -0.15) is 17.9 Å². The van der Waals surface area contributed by atoms with Crippen LogP contribution in [0.2, 0.25) is 0 Å². The summed E-state index contributed by atoms with van der Waals surface area (Å²) in [5, 5.41) is 8.21. The SMILES string of the molecule is N#CCCCCCCCS. The van der Waals surface area contributed by atoms with E-state index in [2.05, 4.69) is 18.7 Å². The Morgan fingerprint density at radius 1 is 1.00 bits per heavy atom. The highest BCUT2D eigenvalue weighted by Gasteiger charge is 1.87. The van der Waals surface area contributed by atoms with Gasteiger partial charge in [0.15, 0.2) is 0 Å². The van der Waals surface area contributed by atoms with E-state index in [1.54, 1.807) is 0 Å². The van der Waals surface area contributed by atoms with Gasteiger partial charge >= 0.3 is 0 Å². The summed E-state index contributed by atoms with van der Waals surface area (Å²) in [6.07, 6.45) is 6.76. The second-order valence-electron chi connectivity index (χ2n) is 2.40. The van der Waals surface area contributed by atoms with E-state index in [1.807, 2.05) is 0 Å². The third kappa shape index (κ3) is 7.84. The fourth-order valence-electron chi connectivity index (χ4n) is 0.846. The number of nitriles is 1. The molecule has 0 saturated carbocycles. The summed E-state index contributed by atoms with van der Waals surface area (Å²) >= 11 is 4.11. The zero-order valence-electron chi connectivity index (χ0n) is 6.34. The van der Waals surface area contributed by atoms with Gasteiger partial charge in [-0.15, -0.1) is 0 Å². The molecule has 0 saturated heterocycles. The highest BCUT2D eigenvalue weighted by atomic mass is 32.1. The van der Waals surface area contributed by atoms with Crippen molar-refractivity contribution in [1.29, 1.82) is 5.26 Å². The summed E-state index contributed by atoms with van der Waals surface area (Å²) in [6, 6.07) is 2.14. The lowest BCUT2D eigenvalue weighted by atomic mass is 10.1. The maximum Gasteiger partial charge on any atom is 0.0621 e. The highest BCUT2D eigenvalue weighted by Crippen LogP contribution is 2.04. The molecule has 0 aliphatic carbocycles. The molecule has 0 spiro atoms. The molecule has 0 heterocycles. The van der Waals surface area contributed by atoms with Crippen LogP contribution in [0.1, 0.15) is 38.5 Å². The van der Waals surface area contributed by atoms with Gasteiger partial charge in [-0.3, -0.25) is 0 Å². The number of nitrogens with zero attached hydrogens (tertiary/aromatic N) is 1. The van der Waals surface area contributed by atoms with Crippen molar-refractivity contribution in [2.24, 2.45) is 0 Å². The van der Waals surface area contributed by atoms with E-state index < -0.39 is 0 Å². The minimum atomic E-state index is 0.723. The van der Waals surface area contributed by atoms with Gasteiger partial charge in [0, 0.05) is 6.42 Å². The number of unbranched alkanes of at least 4 members (excludes halogenated alkanes) is 5. The number of hydrogen-bond acceptors (Lipinski definition) is 2. The number of thiol groups is 1. The molecule has 0 radical (unpaired) electrons. The lowest BCUT2D eigenvalue weighted by Crippen LogP contribution is -1.79. The normalized spacial score (nSPS) is 9.20. The molecule has 0 amide bonds. The Morgan fingerprint density at radius 2 is 1.60 bits per heavy atom. The third-order valence-electron chi connectivity index (χ3n) is 1.45. The first-order valence-electron chi connectivity index (χ1n) is 3.89. The molecule has 2 heteroatoms. The first-order valence-corrected chi connectivity index (χ1v) is 4.53. The van der Waals surface area contributed by atoms with E-state index in [4.69, 9.17) is 5.26 Å². The van der Waals surface area contributed by atoms with E-state index in [9.17, 15) is 0 Å². The Kier molecular flexibility index (Phi) is 8.70. The standard InChI is InChI=1S/C8H15NS/c9-7-5-3-1-2-4-6-8-10/h10H,1-6,8H2. The van der Waals surface area contributed by atoms with Crippen LogP contribution in [0.4, 0.5) is 0 Å². The predicted molar refractivity (Wildman–Crippen MR) is 47.2 cm³/mol. The van der Waals surface area contributed by atoms with Crippen molar-refractivity contribution in [3.8, 4) is 6.07 Å². The molecule has 0 unspecified atom stereocenters. The predicted octanol–water partition coefficient (Wildman–Crippen LogP) is 2.78. The third-order valence-corrected chi connectivity index (χ3v) is 1.76. The fraction of sp³-hybridized carbons (Fsp3) is 0.875. The number of rotatable bonds is 6. The van der Waals surface area contributed by atoms with Crippen LogP contribution in [0.15, 0.2) is 0 Å². The molecule has 10 heavy (non-hydrogen) atoms. The topological polar surface area (TPSA) is 23.8 Å². The van der Waals surface area contributed by atoms with Crippen LogP contribution in [0, 0.1) is 11.3 Å². The molecule has 58 valence electrons. The van der Waals surface area contributed by atoms with E-state index in [0.29, 0.717) is 0 Å².